The first-order valence-corrected chi connectivity index (χ1v) is 11.0. The number of nitrogens with one attached hydrogen (secondary N) is 1. The molecule has 0 fully saturated rings. The van der Waals surface area contributed by atoms with Gasteiger partial charge in [0.05, 0.1) is 23.6 Å². The first kappa shape index (κ1) is 22.1. The number of phenolic OH excluding ortho intramolecular Hbond substituents is 1. The number of aryl methyl sites for hydroxylation is 2. The molecule has 0 unspecified atom stereocenters. The Kier molecular flexibility index (Phi) is 5.44. The van der Waals surface area contributed by atoms with Crippen molar-refractivity contribution in [2.45, 2.75) is 20.3 Å². The molecule has 0 amide bonds. The average Bonchev–Trinajstić information content (AvgIpc) is 3.42. The molecule has 5 rings (SSSR count). The molecule has 9 heteroatoms. The van der Waals surface area contributed by atoms with Crippen LogP contribution in [-0.4, -0.2) is 32.6 Å². The van der Waals surface area contributed by atoms with Crippen LogP contribution in [0.3, 0.4) is 0 Å². The maximum Gasteiger partial charge on any atom is 0.335 e. The Labute approximate surface area is 200 Å². The molecule has 0 saturated heterocycles. The summed E-state index contributed by atoms with van der Waals surface area (Å²) in [6.45, 7) is 4.18. The maximum atomic E-state index is 13.1. The van der Waals surface area contributed by atoms with Crippen LogP contribution in [-0.2, 0) is 6.42 Å². The number of azo groups is 1. The summed E-state index contributed by atoms with van der Waals surface area (Å²) in [4.78, 5) is 24.4. The molecule has 0 spiro atoms. The molecule has 3 N–H and O–H groups in total. The first-order chi connectivity index (χ1) is 16.8. The van der Waals surface area contributed by atoms with Gasteiger partial charge < -0.3 is 14.9 Å². The lowest BCUT2D eigenvalue weighted by atomic mass is 9.99. The summed E-state index contributed by atoms with van der Waals surface area (Å²) >= 11 is 0. The fourth-order valence-corrected chi connectivity index (χ4v) is 4.13. The van der Waals surface area contributed by atoms with E-state index in [2.05, 4.69) is 15.3 Å². The number of H-pyrrole nitrogens is 1. The zero-order valence-corrected chi connectivity index (χ0v) is 19.1. The fourth-order valence-electron chi connectivity index (χ4n) is 4.13. The van der Waals surface area contributed by atoms with Crippen molar-refractivity contribution in [3.63, 3.8) is 0 Å². The van der Waals surface area contributed by atoms with Crippen molar-refractivity contribution in [1.29, 1.82) is 0 Å². The second-order valence-electron chi connectivity index (χ2n) is 8.38. The van der Waals surface area contributed by atoms with Crippen LogP contribution in [0.5, 0.6) is 11.5 Å². The summed E-state index contributed by atoms with van der Waals surface area (Å²) in [6.07, 6.45) is 0.786. The van der Waals surface area contributed by atoms with Crippen molar-refractivity contribution >= 4 is 17.3 Å². The lowest BCUT2D eigenvalue weighted by Gasteiger charge is -2.09. The van der Waals surface area contributed by atoms with Crippen LogP contribution in [0.4, 0.5) is 11.4 Å². The second-order valence-corrected chi connectivity index (χ2v) is 8.38. The topological polar surface area (TPSA) is 129 Å². The number of hydrogen-bond donors (Lipinski definition) is 3. The number of aromatic carboxylic acids is 1. The Balaban J connectivity index is 1.52. The molecular weight excluding hydrogens is 448 g/mol. The molecule has 3 aromatic carbocycles. The number of rotatable bonds is 5. The number of carboxylic acids is 1. The van der Waals surface area contributed by atoms with Gasteiger partial charge in [-0.15, -0.1) is 10.2 Å². The second kappa shape index (κ2) is 8.60. The largest absolute Gasteiger partial charge is 0.505 e. The van der Waals surface area contributed by atoms with E-state index in [-0.39, 0.29) is 28.2 Å². The van der Waals surface area contributed by atoms with Crippen LogP contribution in [0.2, 0.25) is 0 Å². The minimum atomic E-state index is -1.06. The van der Waals surface area contributed by atoms with Gasteiger partial charge in [0.1, 0.15) is 11.4 Å². The van der Waals surface area contributed by atoms with E-state index in [1.807, 2.05) is 19.1 Å². The Morgan fingerprint density at radius 3 is 2.71 bits per heavy atom. The molecule has 0 bridgehead atoms. The number of nitrogens with zero attached hydrogens (tertiary/aromatic N) is 3. The third-order valence-corrected chi connectivity index (χ3v) is 5.88. The predicted octanol–water partition coefficient (Wildman–Crippen LogP) is 5.20. The van der Waals surface area contributed by atoms with E-state index < -0.39 is 5.97 Å². The highest BCUT2D eigenvalue weighted by atomic mass is 16.5. The maximum absolute atomic E-state index is 13.1. The Morgan fingerprint density at radius 1 is 1.09 bits per heavy atom. The summed E-state index contributed by atoms with van der Waals surface area (Å²) in [5, 5.41) is 31.5. The van der Waals surface area contributed by atoms with Crippen molar-refractivity contribution in [2.75, 3.05) is 6.61 Å². The van der Waals surface area contributed by atoms with Gasteiger partial charge >= 0.3 is 5.97 Å². The summed E-state index contributed by atoms with van der Waals surface area (Å²) in [6, 6.07) is 15.2. The van der Waals surface area contributed by atoms with Crippen molar-refractivity contribution in [1.82, 2.24) is 9.78 Å². The molecule has 1 aromatic heterocycles. The smallest absolute Gasteiger partial charge is 0.335 e. The van der Waals surface area contributed by atoms with E-state index in [1.54, 1.807) is 37.3 Å². The number of phenols is 1. The normalized spacial score (nSPS) is 12.6. The summed E-state index contributed by atoms with van der Waals surface area (Å²) < 4.78 is 6.94. The molecule has 0 saturated carbocycles. The fraction of sp³-hybridized carbons (Fsp3) is 0.154. The monoisotopic (exact) mass is 470 g/mol. The number of carboxylic acid groups (broad SMARTS) is 1. The predicted molar refractivity (Wildman–Crippen MR) is 130 cm³/mol. The molecule has 0 radical (unpaired) electrons. The Hall–Kier alpha value is -4.66. The highest BCUT2D eigenvalue weighted by Gasteiger charge is 2.17. The molecule has 0 atom stereocenters. The zero-order chi connectivity index (χ0) is 24.7. The molecule has 9 nitrogen and oxygen atoms in total. The lowest BCUT2D eigenvalue weighted by Crippen LogP contribution is -2.14. The van der Waals surface area contributed by atoms with Crippen LogP contribution in [0, 0.1) is 13.8 Å². The zero-order valence-electron chi connectivity index (χ0n) is 19.1. The third kappa shape index (κ3) is 4.08. The van der Waals surface area contributed by atoms with Gasteiger partial charge in [0.2, 0.25) is 0 Å². The number of carbonyl (C=O) groups is 1. The summed E-state index contributed by atoms with van der Waals surface area (Å²) in [5.74, 6) is -0.396. The molecule has 35 heavy (non-hydrogen) atoms. The summed E-state index contributed by atoms with van der Waals surface area (Å²) in [7, 11) is 0. The third-order valence-electron chi connectivity index (χ3n) is 5.88. The molecule has 0 aliphatic carbocycles. The van der Waals surface area contributed by atoms with Crippen molar-refractivity contribution in [3.05, 3.63) is 87.3 Å². The van der Waals surface area contributed by atoms with Gasteiger partial charge in [-0.05, 0) is 73.0 Å². The van der Waals surface area contributed by atoms with E-state index >= 15 is 0 Å². The van der Waals surface area contributed by atoms with Crippen molar-refractivity contribution in [2.24, 2.45) is 10.2 Å². The van der Waals surface area contributed by atoms with Crippen molar-refractivity contribution < 1.29 is 19.7 Å². The SMILES string of the molecule is Cc1cc(N=Nc2c(C)[nH]n(-c3ccc4c(c3)CCO4)c2=O)c(O)c(-c2cccc(C(=O)O)c2)c1. The van der Waals surface area contributed by atoms with Gasteiger partial charge in [-0.3, -0.25) is 9.89 Å². The van der Waals surface area contributed by atoms with Crippen LogP contribution >= 0.6 is 0 Å². The molecule has 176 valence electrons. The van der Waals surface area contributed by atoms with Gasteiger partial charge in [0, 0.05) is 12.0 Å². The van der Waals surface area contributed by atoms with E-state index in [4.69, 9.17) is 4.74 Å². The van der Waals surface area contributed by atoms with Gasteiger partial charge in [0.25, 0.3) is 5.56 Å². The van der Waals surface area contributed by atoms with Crippen molar-refractivity contribution in [3.8, 4) is 28.3 Å². The molecule has 1 aliphatic heterocycles. The van der Waals surface area contributed by atoms with Gasteiger partial charge in [0.15, 0.2) is 11.4 Å². The molecule has 4 aromatic rings. The van der Waals surface area contributed by atoms with Crippen LogP contribution < -0.4 is 10.3 Å². The molecule has 1 aliphatic rings. The van der Waals surface area contributed by atoms with Crippen LogP contribution in [0.25, 0.3) is 16.8 Å². The minimum absolute atomic E-state index is 0.105. The number of aromatic hydroxyl groups is 1. The average molecular weight is 470 g/mol. The number of aromatic amines is 1. The van der Waals surface area contributed by atoms with E-state index in [0.29, 0.717) is 29.1 Å². The summed E-state index contributed by atoms with van der Waals surface area (Å²) in [5.41, 5.74) is 4.00. The van der Waals surface area contributed by atoms with E-state index in [1.165, 1.54) is 16.8 Å². The minimum Gasteiger partial charge on any atom is -0.505 e. The van der Waals surface area contributed by atoms with Crippen LogP contribution in [0.1, 0.15) is 27.2 Å². The lowest BCUT2D eigenvalue weighted by molar-refractivity contribution is 0.0697. The highest BCUT2D eigenvalue weighted by molar-refractivity contribution is 5.90. The first-order valence-electron chi connectivity index (χ1n) is 11.0. The number of fused-ring (bicyclic) bond motifs is 1. The highest BCUT2D eigenvalue weighted by Crippen LogP contribution is 2.39. The Morgan fingerprint density at radius 2 is 1.91 bits per heavy atom. The molecule has 2 heterocycles. The van der Waals surface area contributed by atoms with Crippen LogP contribution in [0.15, 0.2) is 69.6 Å². The number of aromatic nitrogens is 2. The van der Waals surface area contributed by atoms with Gasteiger partial charge in [-0.1, -0.05) is 12.1 Å². The number of ether oxygens (including phenoxy) is 1. The quantitative estimate of drug-likeness (QED) is 0.345. The van der Waals surface area contributed by atoms with E-state index in [0.717, 1.165) is 23.3 Å². The molecular formula is C26H22N4O5. The standard InChI is InChI=1S/C26H22N4O5/c1-14-10-20(16-4-3-5-18(12-16)26(33)34)24(31)21(11-14)27-28-23-15(2)29-30(25(23)32)19-6-7-22-17(13-19)8-9-35-22/h3-7,10-13,29,31H,8-9H2,1-2H3,(H,33,34). The van der Waals surface area contributed by atoms with Gasteiger partial charge in [-0.25, -0.2) is 9.48 Å². The number of benzene rings is 3. The Bertz CT molecular complexity index is 1560. The number of hydrogen-bond acceptors (Lipinski definition) is 6. The van der Waals surface area contributed by atoms with E-state index in [9.17, 15) is 19.8 Å². The van der Waals surface area contributed by atoms with Gasteiger partial charge in [-0.2, -0.15) is 0 Å².